The molecule has 1 fully saturated rings. The Morgan fingerprint density at radius 3 is 3.22 bits per heavy atom. The van der Waals surface area contributed by atoms with E-state index in [1.807, 2.05) is 0 Å². The molecule has 0 bridgehead atoms. The van der Waals surface area contributed by atoms with Crippen LogP contribution in [0.3, 0.4) is 0 Å². The zero-order valence-corrected chi connectivity index (χ0v) is 11.8. The number of nitrogens with zero attached hydrogens (tertiary/aromatic N) is 3. The molecule has 2 aromatic rings. The Labute approximate surface area is 112 Å². The van der Waals surface area contributed by atoms with Gasteiger partial charge in [-0.05, 0) is 33.4 Å². The fourth-order valence-corrected chi connectivity index (χ4v) is 3.30. The third kappa shape index (κ3) is 2.43. The molecule has 1 N–H and O–H groups in total. The third-order valence-corrected chi connectivity index (χ3v) is 4.69. The van der Waals surface area contributed by atoms with Crippen LogP contribution >= 0.6 is 11.3 Å². The molecule has 0 spiro atoms. The summed E-state index contributed by atoms with van der Waals surface area (Å²) >= 11 is 1.69. The highest BCUT2D eigenvalue weighted by Crippen LogP contribution is 2.16. The Morgan fingerprint density at radius 1 is 1.56 bits per heavy atom. The summed E-state index contributed by atoms with van der Waals surface area (Å²) in [5.41, 5.74) is 1.15. The van der Waals surface area contributed by atoms with Crippen molar-refractivity contribution < 1.29 is 0 Å². The van der Waals surface area contributed by atoms with Crippen LogP contribution in [0.4, 0.5) is 0 Å². The van der Waals surface area contributed by atoms with E-state index in [4.69, 9.17) is 0 Å². The first kappa shape index (κ1) is 12.1. The summed E-state index contributed by atoms with van der Waals surface area (Å²) in [4.78, 5) is 8.12. The molecule has 1 aliphatic heterocycles. The van der Waals surface area contributed by atoms with Crippen molar-refractivity contribution in [3.8, 4) is 0 Å². The van der Waals surface area contributed by atoms with Crippen molar-refractivity contribution in [3.05, 3.63) is 23.5 Å². The molecule has 4 nitrogen and oxygen atoms in total. The number of hydrogen-bond donors (Lipinski definition) is 1. The minimum Gasteiger partial charge on any atom is -0.308 e. The van der Waals surface area contributed by atoms with Gasteiger partial charge in [0.15, 0.2) is 4.96 Å². The summed E-state index contributed by atoms with van der Waals surface area (Å²) in [6.45, 7) is 4.38. The van der Waals surface area contributed by atoms with E-state index in [0.29, 0.717) is 12.1 Å². The van der Waals surface area contributed by atoms with Crippen LogP contribution in [0.25, 0.3) is 4.96 Å². The first-order valence-corrected chi connectivity index (χ1v) is 7.45. The van der Waals surface area contributed by atoms with E-state index in [0.717, 1.165) is 17.2 Å². The molecule has 0 radical (unpaired) electrons. The summed E-state index contributed by atoms with van der Waals surface area (Å²) in [5.74, 6) is 0. The van der Waals surface area contributed by atoms with Crippen molar-refractivity contribution in [2.75, 3.05) is 13.6 Å². The number of aromatic nitrogens is 2. The molecule has 1 saturated heterocycles. The smallest absolute Gasteiger partial charge is 0.193 e. The molecule has 1 aliphatic rings. The number of likely N-dealkylation sites (tertiary alicyclic amines) is 1. The lowest BCUT2D eigenvalue weighted by Gasteiger charge is -2.35. The maximum absolute atomic E-state index is 4.60. The van der Waals surface area contributed by atoms with Crippen molar-refractivity contribution in [2.24, 2.45) is 0 Å². The predicted molar refractivity (Wildman–Crippen MR) is 75.0 cm³/mol. The summed E-state index contributed by atoms with van der Waals surface area (Å²) in [5, 5.41) is 5.71. The van der Waals surface area contributed by atoms with Gasteiger partial charge >= 0.3 is 0 Å². The molecule has 2 aromatic heterocycles. The number of imidazole rings is 1. The van der Waals surface area contributed by atoms with E-state index in [2.05, 4.69) is 51.3 Å². The van der Waals surface area contributed by atoms with Gasteiger partial charge in [0.25, 0.3) is 0 Å². The van der Waals surface area contributed by atoms with Crippen LogP contribution < -0.4 is 5.32 Å². The van der Waals surface area contributed by atoms with Crippen molar-refractivity contribution in [2.45, 2.75) is 38.4 Å². The van der Waals surface area contributed by atoms with Crippen LogP contribution in [-0.2, 0) is 6.54 Å². The van der Waals surface area contributed by atoms with Crippen LogP contribution in [0.15, 0.2) is 17.8 Å². The molecular formula is C13H20N4S. The minimum absolute atomic E-state index is 0.635. The van der Waals surface area contributed by atoms with E-state index in [1.54, 1.807) is 11.3 Å². The molecular weight excluding hydrogens is 244 g/mol. The second-order valence-electron chi connectivity index (χ2n) is 5.26. The van der Waals surface area contributed by atoms with E-state index in [-0.39, 0.29) is 0 Å². The molecule has 0 aromatic carbocycles. The Balaban J connectivity index is 1.56. The number of hydrogen-bond acceptors (Lipinski definition) is 4. The molecule has 2 unspecified atom stereocenters. The van der Waals surface area contributed by atoms with Gasteiger partial charge in [0.1, 0.15) is 0 Å². The van der Waals surface area contributed by atoms with Gasteiger partial charge in [-0.25, -0.2) is 4.98 Å². The molecule has 0 saturated carbocycles. The SMILES string of the molecule is CC1CC(NCc2cn3ccsc3n2)CCN1C. The minimum atomic E-state index is 0.635. The standard InChI is InChI=1S/C13H20N4S/c1-10-7-11(3-4-16(10)2)14-8-12-9-17-5-6-18-13(17)15-12/h5-6,9-11,14H,3-4,7-8H2,1-2H3. The number of rotatable bonds is 3. The zero-order valence-electron chi connectivity index (χ0n) is 11.0. The van der Waals surface area contributed by atoms with Crippen LogP contribution in [0.5, 0.6) is 0 Å². The molecule has 18 heavy (non-hydrogen) atoms. The maximum Gasteiger partial charge on any atom is 0.193 e. The Bertz CT molecular complexity index is 489. The Morgan fingerprint density at radius 2 is 2.44 bits per heavy atom. The first-order valence-electron chi connectivity index (χ1n) is 6.57. The number of nitrogens with one attached hydrogen (secondary N) is 1. The highest BCUT2D eigenvalue weighted by atomic mass is 32.1. The van der Waals surface area contributed by atoms with Gasteiger partial charge in [0.05, 0.1) is 5.69 Å². The molecule has 2 atom stereocenters. The highest BCUT2D eigenvalue weighted by Gasteiger charge is 2.22. The lowest BCUT2D eigenvalue weighted by atomic mass is 9.99. The maximum atomic E-state index is 4.60. The molecule has 5 heteroatoms. The van der Waals surface area contributed by atoms with Gasteiger partial charge in [0.2, 0.25) is 0 Å². The van der Waals surface area contributed by atoms with Gasteiger partial charge in [-0.15, -0.1) is 11.3 Å². The van der Waals surface area contributed by atoms with Crippen LogP contribution in [0, 0.1) is 0 Å². The number of thiazole rings is 1. The largest absolute Gasteiger partial charge is 0.308 e. The fraction of sp³-hybridized carbons (Fsp3) is 0.615. The van der Waals surface area contributed by atoms with E-state index < -0.39 is 0 Å². The molecule has 3 heterocycles. The van der Waals surface area contributed by atoms with Crippen molar-refractivity contribution in [3.63, 3.8) is 0 Å². The third-order valence-electron chi connectivity index (χ3n) is 3.92. The van der Waals surface area contributed by atoms with E-state index >= 15 is 0 Å². The predicted octanol–water partition coefficient (Wildman–Crippen LogP) is 1.97. The first-order chi connectivity index (χ1) is 8.72. The van der Waals surface area contributed by atoms with Crippen molar-refractivity contribution in [1.29, 1.82) is 0 Å². The van der Waals surface area contributed by atoms with E-state index in [9.17, 15) is 0 Å². The van der Waals surface area contributed by atoms with Gasteiger partial charge in [-0.3, -0.25) is 4.40 Å². The van der Waals surface area contributed by atoms with Gasteiger partial charge in [-0.2, -0.15) is 0 Å². The average Bonchev–Trinajstić information content (AvgIpc) is 2.91. The van der Waals surface area contributed by atoms with Crippen molar-refractivity contribution in [1.82, 2.24) is 19.6 Å². The summed E-state index contributed by atoms with van der Waals surface area (Å²) in [6.07, 6.45) is 6.66. The lowest BCUT2D eigenvalue weighted by Crippen LogP contribution is -2.45. The molecule has 0 amide bonds. The van der Waals surface area contributed by atoms with Crippen molar-refractivity contribution >= 4 is 16.3 Å². The Kier molecular flexibility index (Phi) is 3.37. The summed E-state index contributed by atoms with van der Waals surface area (Å²) in [7, 11) is 2.21. The second-order valence-corrected chi connectivity index (χ2v) is 6.13. The van der Waals surface area contributed by atoms with Crippen LogP contribution in [-0.4, -0.2) is 40.0 Å². The molecule has 3 rings (SSSR count). The lowest BCUT2D eigenvalue weighted by molar-refractivity contribution is 0.168. The van der Waals surface area contributed by atoms with Crippen LogP contribution in [0.2, 0.25) is 0 Å². The van der Waals surface area contributed by atoms with Crippen LogP contribution in [0.1, 0.15) is 25.5 Å². The highest BCUT2D eigenvalue weighted by molar-refractivity contribution is 7.15. The number of piperidine rings is 1. The van der Waals surface area contributed by atoms with E-state index in [1.165, 1.54) is 19.4 Å². The Hall–Kier alpha value is -0.910. The van der Waals surface area contributed by atoms with Gasteiger partial charge < -0.3 is 10.2 Å². The summed E-state index contributed by atoms with van der Waals surface area (Å²) in [6, 6.07) is 1.32. The van der Waals surface area contributed by atoms with Gasteiger partial charge in [-0.1, -0.05) is 0 Å². The summed E-state index contributed by atoms with van der Waals surface area (Å²) < 4.78 is 2.10. The van der Waals surface area contributed by atoms with Gasteiger partial charge in [0, 0.05) is 36.4 Å². The molecule has 0 aliphatic carbocycles. The topological polar surface area (TPSA) is 32.6 Å². The zero-order chi connectivity index (χ0) is 12.5. The normalized spacial score (nSPS) is 25.9. The monoisotopic (exact) mass is 264 g/mol. The average molecular weight is 264 g/mol. The quantitative estimate of drug-likeness (QED) is 0.920. The molecule has 98 valence electrons. The fourth-order valence-electron chi connectivity index (χ4n) is 2.58. The number of fused-ring (bicyclic) bond motifs is 1. The second kappa shape index (κ2) is 4.99.